The van der Waals surface area contributed by atoms with E-state index in [1.54, 1.807) is 9.75 Å². The molecule has 0 bridgehead atoms. The second-order valence-corrected chi connectivity index (χ2v) is 17.3. The Labute approximate surface area is 429 Å². The number of anilines is 2. The van der Waals surface area contributed by atoms with Gasteiger partial charge in [-0.2, -0.15) is 0 Å². The molecule has 10 rings (SSSR count). The number of benzene rings is 3. The summed E-state index contributed by atoms with van der Waals surface area (Å²) in [4.78, 5) is 9.36. The van der Waals surface area contributed by atoms with Crippen LogP contribution in [-0.4, -0.2) is 25.4 Å². The van der Waals surface area contributed by atoms with Crippen molar-refractivity contribution < 1.29 is 20.4 Å². The lowest BCUT2D eigenvalue weighted by molar-refractivity contribution is 0.286. The number of fused-ring (bicyclic) bond motifs is 6. The molecule has 0 atom stereocenters. The topological polar surface area (TPSA) is 112 Å². The number of rotatable bonds is 8. The van der Waals surface area contributed by atoms with Gasteiger partial charge in [-0.3, -0.25) is 0 Å². The molecular formula is C63H79N3O4S. The summed E-state index contributed by atoms with van der Waals surface area (Å²) < 4.78 is 0. The third-order valence-electron chi connectivity index (χ3n) is 11.9. The van der Waals surface area contributed by atoms with Gasteiger partial charge in [0.25, 0.3) is 0 Å². The SMILES string of the molecule is C1=Cc2c(sc3c2C=C(N(C2=CC(Nc4ccccc4C4=CCCC(c5cccc6[nH]c7c(c56)CCC=C7)=C4)=CCC2)c2ccccc2)CC3)CC1.C=C(O)/C(O)=C(\C)O.C=CO.CC.CC.CC.CC. The zero-order valence-corrected chi connectivity index (χ0v) is 44.6. The molecule has 0 aliphatic heterocycles. The third kappa shape index (κ3) is 14.1. The molecule has 8 heteroatoms. The van der Waals surface area contributed by atoms with E-state index in [-0.39, 0.29) is 5.76 Å². The number of aromatic amines is 1. The average molecular weight is 974 g/mol. The number of hydrogen-bond acceptors (Lipinski definition) is 7. The van der Waals surface area contributed by atoms with Crippen LogP contribution in [0.4, 0.5) is 11.4 Å². The van der Waals surface area contributed by atoms with Gasteiger partial charge >= 0.3 is 0 Å². The number of aryl methyl sites for hydroxylation is 3. The second-order valence-electron chi connectivity index (χ2n) is 16.1. The van der Waals surface area contributed by atoms with Crippen LogP contribution in [0.3, 0.4) is 0 Å². The van der Waals surface area contributed by atoms with Crippen LogP contribution in [0.15, 0.2) is 163 Å². The van der Waals surface area contributed by atoms with Gasteiger partial charge in [0.05, 0.1) is 6.26 Å². The molecule has 2 aromatic heterocycles. The van der Waals surface area contributed by atoms with Crippen LogP contribution in [0, 0.1) is 0 Å². The quantitative estimate of drug-likeness (QED) is 0.0682. The first-order chi connectivity index (χ1) is 34.7. The predicted octanol–water partition coefficient (Wildman–Crippen LogP) is 19.1. The van der Waals surface area contributed by atoms with E-state index in [1.807, 2.05) is 66.7 Å². The minimum absolute atomic E-state index is 0.336. The van der Waals surface area contributed by atoms with Crippen molar-refractivity contribution >= 4 is 63.0 Å². The van der Waals surface area contributed by atoms with Crippen molar-refractivity contribution in [3.8, 4) is 0 Å². The van der Waals surface area contributed by atoms with Gasteiger partial charge < -0.3 is 35.6 Å². The molecule has 0 saturated carbocycles. The highest BCUT2D eigenvalue weighted by Gasteiger charge is 2.26. The number of nitrogens with zero attached hydrogens (tertiary/aromatic N) is 1. The number of aromatic nitrogens is 1. The zero-order chi connectivity index (χ0) is 51.9. The number of H-pyrrole nitrogens is 1. The highest BCUT2D eigenvalue weighted by molar-refractivity contribution is 7.12. The summed E-state index contributed by atoms with van der Waals surface area (Å²) in [5, 5.41) is 37.9. The minimum atomic E-state index is -0.565. The van der Waals surface area contributed by atoms with E-state index in [0.717, 1.165) is 69.7 Å². The Balaban J connectivity index is 0.000000505. The monoisotopic (exact) mass is 974 g/mol. The molecule has 71 heavy (non-hydrogen) atoms. The van der Waals surface area contributed by atoms with Crippen LogP contribution >= 0.6 is 11.3 Å². The smallest absolute Gasteiger partial charge is 0.194 e. The number of nitrogens with one attached hydrogen (secondary N) is 2. The molecule has 0 fully saturated rings. The molecule has 6 N–H and O–H groups in total. The molecule has 0 amide bonds. The minimum Gasteiger partial charge on any atom is -0.516 e. The van der Waals surface area contributed by atoms with Crippen LogP contribution in [0.2, 0.25) is 0 Å². The fraction of sp³-hybridized carbons (Fsp3) is 0.302. The standard InChI is InChI=1S/C48H43N3S.C5H8O3.C2H4O.4C2H6/c1-2-16-35(17-3-1)51(37-27-28-47-42(31-37)40-20-6-9-26-46(40)52-47)36-18-11-15-34(30-36)49-43-23-7-4-19-38(43)32-13-10-14-33(29-32)39-22-12-25-45-48(39)41-21-5-8-24-44(41)50-45;1-3(6)5(8)4(2)7;1-2-3;4*1-2/h1-4,6-8,12-13,15-17,19-20,22-25,29-31,49-50H,5,9-11,14,18,21,26-28H2;6-8H,1H2,2H3;2-3H,1H2;4*1-2H3/b;5-4-;;;;;. The zero-order valence-electron chi connectivity index (χ0n) is 43.8. The van der Waals surface area contributed by atoms with Crippen molar-refractivity contribution in [2.75, 3.05) is 10.2 Å². The predicted molar refractivity (Wildman–Crippen MR) is 311 cm³/mol. The molecule has 0 radical (unpaired) electrons. The molecular weight excluding hydrogens is 895 g/mol. The maximum atomic E-state index is 8.48. The molecule has 0 saturated heterocycles. The van der Waals surface area contributed by atoms with Crippen molar-refractivity contribution in [3.63, 3.8) is 0 Å². The van der Waals surface area contributed by atoms with E-state index in [1.165, 1.54) is 91.7 Å². The molecule has 3 aromatic carbocycles. The summed E-state index contributed by atoms with van der Waals surface area (Å²) in [6, 6.07) is 26.6. The fourth-order valence-corrected chi connectivity index (χ4v) is 10.4. The van der Waals surface area contributed by atoms with E-state index < -0.39 is 11.5 Å². The van der Waals surface area contributed by atoms with E-state index in [9.17, 15) is 0 Å². The van der Waals surface area contributed by atoms with Gasteiger partial charge in [0.15, 0.2) is 11.5 Å². The molecule has 0 unspecified atom stereocenters. The molecule has 5 aromatic rings. The summed E-state index contributed by atoms with van der Waals surface area (Å²) in [6.45, 7) is 23.1. The Kier molecular flexibility index (Phi) is 23.4. The second kappa shape index (κ2) is 29.3. The van der Waals surface area contributed by atoms with Gasteiger partial charge in [-0.25, -0.2) is 0 Å². The van der Waals surface area contributed by atoms with Crippen LogP contribution < -0.4 is 10.2 Å². The van der Waals surface area contributed by atoms with Gasteiger partial charge in [0, 0.05) is 60.4 Å². The molecule has 5 aliphatic carbocycles. The van der Waals surface area contributed by atoms with E-state index in [4.69, 9.17) is 20.4 Å². The number of para-hydroxylation sites is 2. The van der Waals surface area contributed by atoms with Crippen molar-refractivity contribution in [1.29, 1.82) is 0 Å². The van der Waals surface area contributed by atoms with Gasteiger partial charge in [0.1, 0.15) is 5.76 Å². The number of thiophene rings is 1. The number of aliphatic hydroxyl groups excluding tert-OH is 4. The van der Waals surface area contributed by atoms with Crippen LogP contribution in [0.25, 0.3) is 40.3 Å². The fourth-order valence-electron chi connectivity index (χ4n) is 9.13. The highest BCUT2D eigenvalue weighted by Crippen LogP contribution is 2.43. The Morgan fingerprint density at radius 3 is 2.00 bits per heavy atom. The van der Waals surface area contributed by atoms with Crippen molar-refractivity contribution in [2.24, 2.45) is 0 Å². The summed E-state index contributed by atoms with van der Waals surface area (Å²) in [7, 11) is 0. The van der Waals surface area contributed by atoms with Gasteiger partial charge in [-0.15, -0.1) is 11.3 Å². The summed E-state index contributed by atoms with van der Waals surface area (Å²) in [6.07, 6.45) is 33.0. The third-order valence-corrected chi connectivity index (χ3v) is 13.3. The first-order valence-electron chi connectivity index (χ1n) is 25.8. The Bertz CT molecular complexity index is 2800. The largest absolute Gasteiger partial charge is 0.516 e. The molecule has 2 heterocycles. The van der Waals surface area contributed by atoms with Crippen molar-refractivity contribution in [1.82, 2.24) is 4.98 Å². The maximum absolute atomic E-state index is 8.48. The van der Waals surface area contributed by atoms with Crippen molar-refractivity contribution in [2.45, 2.75) is 127 Å². The Morgan fingerprint density at radius 1 is 0.662 bits per heavy atom. The lowest BCUT2D eigenvalue weighted by Gasteiger charge is -2.33. The number of allylic oxidation sites excluding steroid dienone is 11. The first-order valence-corrected chi connectivity index (χ1v) is 26.6. The maximum Gasteiger partial charge on any atom is 0.194 e. The van der Waals surface area contributed by atoms with Gasteiger partial charge in [-0.05, 0) is 147 Å². The van der Waals surface area contributed by atoms with Crippen molar-refractivity contribution in [3.05, 3.63) is 206 Å². The van der Waals surface area contributed by atoms with E-state index in [2.05, 4.69) is 156 Å². The lowest BCUT2D eigenvalue weighted by Crippen LogP contribution is -2.25. The van der Waals surface area contributed by atoms with Crippen LogP contribution in [-0.2, 0) is 19.3 Å². The van der Waals surface area contributed by atoms with Crippen LogP contribution in [0.1, 0.15) is 151 Å². The van der Waals surface area contributed by atoms with E-state index in [0.29, 0.717) is 0 Å². The lowest BCUT2D eigenvalue weighted by atomic mass is 9.87. The summed E-state index contributed by atoms with van der Waals surface area (Å²) in [5.41, 5.74) is 18.6. The van der Waals surface area contributed by atoms with Gasteiger partial charge in [0.2, 0.25) is 0 Å². The molecule has 7 nitrogen and oxygen atoms in total. The van der Waals surface area contributed by atoms with Gasteiger partial charge in [-0.1, -0.05) is 154 Å². The Hall–Kier alpha value is -6.90. The molecule has 376 valence electrons. The molecule has 0 spiro atoms. The van der Waals surface area contributed by atoms with Crippen LogP contribution in [0.5, 0.6) is 0 Å². The summed E-state index contributed by atoms with van der Waals surface area (Å²) >= 11 is 2.04. The first kappa shape index (κ1) is 56.7. The molecule has 5 aliphatic rings. The number of aliphatic hydroxyl groups is 4. The number of hydrogen-bond donors (Lipinski definition) is 6. The highest BCUT2D eigenvalue weighted by atomic mass is 32.1. The summed E-state index contributed by atoms with van der Waals surface area (Å²) in [5.74, 6) is -1.42. The normalized spacial score (nSPS) is 14.9. The average Bonchev–Trinajstić information content (AvgIpc) is 4.00. The Morgan fingerprint density at radius 2 is 1.30 bits per heavy atom. The van der Waals surface area contributed by atoms with E-state index >= 15 is 0 Å².